The van der Waals surface area contributed by atoms with E-state index >= 15 is 0 Å². The van der Waals surface area contributed by atoms with E-state index in [-0.39, 0.29) is 13.0 Å². The molecule has 2 saturated carbocycles. The van der Waals surface area contributed by atoms with Crippen LogP contribution in [0.2, 0.25) is 0 Å². The minimum Gasteiger partial charge on any atom is -0.481 e. The highest BCUT2D eigenvalue weighted by molar-refractivity contribution is 5.75. The van der Waals surface area contributed by atoms with Crippen LogP contribution in [0.25, 0.3) is 0 Å². The molecule has 5 fully saturated rings. The van der Waals surface area contributed by atoms with E-state index in [1.54, 1.807) is 40.7 Å². The van der Waals surface area contributed by atoms with Crippen molar-refractivity contribution < 1.29 is 58.2 Å². The zero-order valence-corrected chi connectivity index (χ0v) is 24.9. The minimum atomic E-state index is -1.53. The van der Waals surface area contributed by atoms with Crippen molar-refractivity contribution in [3.05, 3.63) is 36.3 Å². The maximum Gasteiger partial charge on any atom is 0.335 e. The summed E-state index contributed by atoms with van der Waals surface area (Å²) in [5.41, 5.74) is -4.00. The molecule has 4 heterocycles. The average Bonchev–Trinajstić information content (AvgIpc) is 3.19. The molecular weight excluding hydrogens is 564 g/mol. The SMILES string of the molecule is C=C1C(C2(C)C(CC(=O)O)OCC3(C)OC(=O)CC32)C(O)C(OC(=O)C(O)C(C)C)C2(C)C(c3ccoc3)C(O)C3OC132. The highest BCUT2D eigenvalue weighted by Gasteiger charge is 2.87. The maximum absolute atomic E-state index is 13.4. The van der Waals surface area contributed by atoms with E-state index < -0.39 is 107 Å². The molecule has 0 amide bonds. The Morgan fingerprint density at radius 1 is 1.16 bits per heavy atom. The molecule has 3 saturated heterocycles. The number of furan rings is 1. The normalized spacial score (nSPS) is 47.4. The van der Waals surface area contributed by atoms with Gasteiger partial charge in [0.15, 0.2) is 6.10 Å². The van der Waals surface area contributed by atoms with E-state index in [0.29, 0.717) is 11.1 Å². The Kier molecular flexibility index (Phi) is 6.77. The quantitative estimate of drug-likeness (QED) is 0.200. The van der Waals surface area contributed by atoms with Gasteiger partial charge in [0.25, 0.3) is 0 Å². The van der Waals surface area contributed by atoms with Crippen molar-refractivity contribution in [2.45, 2.75) is 101 Å². The van der Waals surface area contributed by atoms with Crippen LogP contribution in [-0.2, 0) is 33.3 Å². The number of aliphatic hydroxyl groups excluding tert-OH is 3. The zero-order chi connectivity index (χ0) is 31.4. The van der Waals surface area contributed by atoms with E-state index in [1.807, 2.05) is 0 Å². The first-order valence-electron chi connectivity index (χ1n) is 14.7. The highest BCUT2D eigenvalue weighted by Crippen LogP contribution is 2.76. The Bertz CT molecular complexity index is 1340. The van der Waals surface area contributed by atoms with Gasteiger partial charge in [0.2, 0.25) is 0 Å². The second-order valence-corrected chi connectivity index (χ2v) is 13.9. The third-order valence-corrected chi connectivity index (χ3v) is 11.4. The number of ether oxygens (including phenoxy) is 4. The number of aliphatic carboxylic acids is 1. The molecule has 12 heteroatoms. The standard InChI is InChI=1S/C31H40O12/c1-13(2)22(35)27(38)41-25-23(36)20(29(5)16-9-19(34)42-28(16,4)12-40-17(29)10-18(32)33)14(3)31-26(43-31)24(37)21(30(25,31)6)15-7-8-39-11-15/h7-8,11,13,16-17,20-26,35-37H,3,9-10,12H2,1-2,4-6H3,(H,32,33). The van der Waals surface area contributed by atoms with Crippen molar-refractivity contribution in [1.82, 2.24) is 0 Å². The van der Waals surface area contributed by atoms with E-state index in [4.69, 9.17) is 23.4 Å². The molecular formula is C31H40O12. The molecule has 12 nitrogen and oxygen atoms in total. The van der Waals surface area contributed by atoms with Gasteiger partial charge in [0.1, 0.15) is 23.4 Å². The van der Waals surface area contributed by atoms with Crippen LogP contribution in [-0.4, -0.2) is 92.8 Å². The van der Waals surface area contributed by atoms with Crippen LogP contribution < -0.4 is 0 Å². The van der Waals surface area contributed by atoms with Gasteiger partial charge in [-0.2, -0.15) is 0 Å². The lowest BCUT2D eigenvalue weighted by Crippen LogP contribution is -2.69. The molecule has 4 N–H and O–H groups in total. The van der Waals surface area contributed by atoms with Crippen molar-refractivity contribution in [3.8, 4) is 0 Å². The molecule has 13 unspecified atom stereocenters. The van der Waals surface area contributed by atoms with Crippen LogP contribution in [0.15, 0.2) is 35.2 Å². The maximum atomic E-state index is 13.4. The smallest absolute Gasteiger partial charge is 0.335 e. The second-order valence-electron chi connectivity index (χ2n) is 13.9. The average molecular weight is 605 g/mol. The van der Waals surface area contributed by atoms with Crippen LogP contribution in [0.3, 0.4) is 0 Å². The summed E-state index contributed by atoms with van der Waals surface area (Å²) >= 11 is 0. The predicted octanol–water partition coefficient (Wildman–Crippen LogP) is 1.56. The highest BCUT2D eigenvalue weighted by atomic mass is 16.6. The fourth-order valence-electron chi connectivity index (χ4n) is 9.32. The first-order valence-corrected chi connectivity index (χ1v) is 14.7. The molecule has 0 bridgehead atoms. The number of carboxylic acid groups (broad SMARTS) is 1. The number of hydrogen-bond donors (Lipinski definition) is 4. The number of hydrogen-bond acceptors (Lipinski definition) is 11. The predicted molar refractivity (Wildman–Crippen MR) is 145 cm³/mol. The van der Waals surface area contributed by atoms with E-state index in [1.165, 1.54) is 12.5 Å². The van der Waals surface area contributed by atoms with Crippen LogP contribution >= 0.6 is 0 Å². The first-order chi connectivity index (χ1) is 20.1. The third kappa shape index (κ3) is 3.83. The van der Waals surface area contributed by atoms with Gasteiger partial charge in [-0.05, 0) is 30.0 Å². The summed E-state index contributed by atoms with van der Waals surface area (Å²) in [4.78, 5) is 38.1. The van der Waals surface area contributed by atoms with E-state index in [2.05, 4.69) is 6.58 Å². The summed E-state index contributed by atoms with van der Waals surface area (Å²) in [5, 5.41) is 44.6. The van der Waals surface area contributed by atoms with Gasteiger partial charge in [-0.25, -0.2) is 4.79 Å². The fourth-order valence-corrected chi connectivity index (χ4v) is 9.32. The molecule has 1 spiro atoms. The Balaban J connectivity index is 1.53. The Hall–Kier alpha value is -2.77. The zero-order valence-electron chi connectivity index (χ0n) is 24.9. The molecule has 6 rings (SSSR count). The molecule has 0 aromatic carbocycles. The van der Waals surface area contributed by atoms with E-state index in [0.717, 1.165) is 0 Å². The Morgan fingerprint density at radius 3 is 2.47 bits per heavy atom. The second kappa shape index (κ2) is 9.61. The van der Waals surface area contributed by atoms with Crippen LogP contribution in [0, 0.1) is 28.6 Å². The number of carbonyl (C=O) groups is 3. The largest absolute Gasteiger partial charge is 0.481 e. The summed E-state index contributed by atoms with van der Waals surface area (Å²) in [6.07, 6.45) is -4.80. The third-order valence-electron chi connectivity index (χ3n) is 11.4. The van der Waals surface area contributed by atoms with Crippen molar-refractivity contribution in [2.24, 2.45) is 28.6 Å². The van der Waals surface area contributed by atoms with Crippen molar-refractivity contribution in [3.63, 3.8) is 0 Å². The van der Waals surface area contributed by atoms with Gasteiger partial charge >= 0.3 is 17.9 Å². The van der Waals surface area contributed by atoms with Gasteiger partial charge in [-0.3, -0.25) is 9.59 Å². The van der Waals surface area contributed by atoms with Gasteiger partial charge in [-0.1, -0.05) is 34.3 Å². The Morgan fingerprint density at radius 2 is 1.86 bits per heavy atom. The number of fused-ring (bicyclic) bond motifs is 1. The molecule has 2 aliphatic carbocycles. The van der Waals surface area contributed by atoms with Gasteiger partial charge in [0.05, 0.1) is 55.7 Å². The summed E-state index contributed by atoms with van der Waals surface area (Å²) < 4.78 is 29.5. The lowest BCUT2D eigenvalue weighted by Gasteiger charge is -2.61. The number of esters is 2. The van der Waals surface area contributed by atoms with Gasteiger partial charge < -0.3 is 43.8 Å². The van der Waals surface area contributed by atoms with Crippen LogP contribution in [0.1, 0.15) is 58.9 Å². The molecule has 13 atom stereocenters. The molecule has 3 aliphatic heterocycles. The Labute approximate surface area is 248 Å². The number of rotatable bonds is 7. The molecule has 236 valence electrons. The number of aliphatic hydroxyl groups is 3. The summed E-state index contributed by atoms with van der Waals surface area (Å²) in [6.45, 7) is 12.9. The molecule has 5 aliphatic rings. The summed E-state index contributed by atoms with van der Waals surface area (Å²) in [7, 11) is 0. The topological polar surface area (TPSA) is 185 Å². The van der Waals surface area contributed by atoms with E-state index in [9.17, 15) is 34.8 Å². The van der Waals surface area contributed by atoms with Gasteiger partial charge in [0, 0.05) is 23.2 Å². The minimum absolute atomic E-state index is 0.0332. The van der Waals surface area contributed by atoms with Crippen molar-refractivity contribution >= 4 is 17.9 Å². The lowest BCUT2D eigenvalue weighted by molar-refractivity contribution is -0.247. The number of carbonyl (C=O) groups excluding carboxylic acids is 2. The van der Waals surface area contributed by atoms with Gasteiger partial charge in [-0.15, -0.1) is 0 Å². The lowest BCUT2D eigenvalue weighted by atomic mass is 9.47. The van der Waals surface area contributed by atoms with Crippen LogP contribution in [0.4, 0.5) is 0 Å². The number of epoxide rings is 1. The van der Waals surface area contributed by atoms with Crippen LogP contribution in [0.5, 0.6) is 0 Å². The monoisotopic (exact) mass is 604 g/mol. The fraction of sp³-hybridized carbons (Fsp3) is 0.710. The summed E-state index contributed by atoms with van der Waals surface area (Å²) in [5.74, 6) is -5.41. The van der Waals surface area contributed by atoms with Crippen molar-refractivity contribution in [2.75, 3.05) is 6.61 Å². The molecule has 1 aromatic heterocycles. The first kappa shape index (κ1) is 30.3. The molecule has 0 radical (unpaired) electrons. The molecule has 43 heavy (non-hydrogen) atoms. The number of carboxylic acids is 1. The molecule has 1 aromatic rings. The van der Waals surface area contributed by atoms with Crippen molar-refractivity contribution in [1.29, 1.82) is 0 Å². The summed E-state index contributed by atoms with van der Waals surface area (Å²) in [6, 6.07) is 1.69.